The summed E-state index contributed by atoms with van der Waals surface area (Å²) in [4.78, 5) is 30.3. The van der Waals surface area contributed by atoms with E-state index in [1.54, 1.807) is 36.4 Å². The molecule has 0 spiro atoms. The molecule has 3 aromatic carbocycles. The maximum atomic E-state index is 13.5. The van der Waals surface area contributed by atoms with Gasteiger partial charge in [-0.1, -0.05) is 35.9 Å². The largest absolute Gasteiger partial charge is 0.378 e. The van der Waals surface area contributed by atoms with Gasteiger partial charge in [-0.15, -0.1) is 0 Å². The first-order valence-electron chi connectivity index (χ1n) is 10.3. The fourth-order valence-corrected chi connectivity index (χ4v) is 3.80. The third-order valence-electron chi connectivity index (χ3n) is 5.49. The van der Waals surface area contributed by atoms with Crippen molar-refractivity contribution in [1.29, 1.82) is 0 Å². The summed E-state index contributed by atoms with van der Waals surface area (Å²) in [5, 5.41) is 3.81. The summed E-state index contributed by atoms with van der Waals surface area (Å²) in [6.45, 7) is 3.95. The molecule has 4 rings (SSSR count). The van der Waals surface area contributed by atoms with Crippen molar-refractivity contribution < 1.29 is 9.59 Å². The zero-order valence-corrected chi connectivity index (χ0v) is 19.2. The van der Waals surface area contributed by atoms with Crippen LogP contribution in [0.3, 0.4) is 0 Å². The van der Waals surface area contributed by atoms with E-state index >= 15 is 0 Å². The van der Waals surface area contributed by atoms with Crippen LogP contribution in [0.1, 0.15) is 16.7 Å². The normalized spacial score (nSPS) is 13.7. The van der Waals surface area contributed by atoms with E-state index in [4.69, 9.17) is 11.6 Å². The van der Waals surface area contributed by atoms with Crippen molar-refractivity contribution in [3.63, 3.8) is 0 Å². The minimum Gasteiger partial charge on any atom is -0.378 e. The molecule has 0 saturated heterocycles. The molecular weight excluding hydrogens is 422 g/mol. The first-order chi connectivity index (χ1) is 15.3. The van der Waals surface area contributed by atoms with E-state index in [1.807, 2.05) is 63.2 Å². The molecule has 3 aromatic rings. The van der Waals surface area contributed by atoms with E-state index in [2.05, 4.69) is 5.32 Å². The molecule has 1 heterocycles. The highest BCUT2D eigenvalue weighted by Gasteiger charge is 2.40. The van der Waals surface area contributed by atoms with Crippen molar-refractivity contribution in [1.82, 2.24) is 0 Å². The average molecular weight is 446 g/mol. The predicted octanol–water partition coefficient (Wildman–Crippen LogP) is 5.42. The summed E-state index contributed by atoms with van der Waals surface area (Å²) in [6, 6.07) is 20.2. The molecule has 0 bridgehead atoms. The van der Waals surface area contributed by atoms with Crippen LogP contribution in [0.2, 0.25) is 5.02 Å². The number of halogens is 1. The van der Waals surface area contributed by atoms with Crippen molar-refractivity contribution in [2.45, 2.75) is 13.8 Å². The summed E-state index contributed by atoms with van der Waals surface area (Å²) in [5.74, 6) is -0.763. The number of hydrogen-bond acceptors (Lipinski definition) is 4. The van der Waals surface area contributed by atoms with Gasteiger partial charge < -0.3 is 10.2 Å². The average Bonchev–Trinajstić information content (AvgIpc) is 3.01. The van der Waals surface area contributed by atoms with Crippen molar-refractivity contribution in [3.8, 4) is 0 Å². The molecule has 0 saturated carbocycles. The Labute approximate surface area is 192 Å². The maximum Gasteiger partial charge on any atom is 0.282 e. The number of carbonyl (C=O) groups excluding carboxylic acids is 2. The van der Waals surface area contributed by atoms with Crippen LogP contribution in [0.25, 0.3) is 5.57 Å². The molecule has 162 valence electrons. The lowest BCUT2D eigenvalue weighted by atomic mass is 10.0. The van der Waals surface area contributed by atoms with E-state index in [9.17, 15) is 9.59 Å². The molecule has 0 unspecified atom stereocenters. The predicted molar refractivity (Wildman–Crippen MR) is 131 cm³/mol. The summed E-state index contributed by atoms with van der Waals surface area (Å²) >= 11 is 6.05. The summed E-state index contributed by atoms with van der Waals surface area (Å²) in [6.07, 6.45) is 0. The highest BCUT2D eigenvalue weighted by Crippen LogP contribution is 2.35. The Morgan fingerprint density at radius 1 is 0.844 bits per heavy atom. The van der Waals surface area contributed by atoms with E-state index in [1.165, 1.54) is 4.90 Å². The zero-order chi connectivity index (χ0) is 23.0. The van der Waals surface area contributed by atoms with E-state index in [0.717, 1.165) is 22.5 Å². The monoisotopic (exact) mass is 445 g/mol. The molecule has 2 amide bonds. The molecule has 6 heteroatoms. The van der Waals surface area contributed by atoms with Crippen LogP contribution in [0.5, 0.6) is 0 Å². The highest BCUT2D eigenvalue weighted by molar-refractivity contribution is 6.46. The fraction of sp³-hybridized carbons (Fsp3) is 0.154. The molecule has 0 aliphatic carbocycles. The number of anilines is 3. The Morgan fingerprint density at radius 3 is 2.12 bits per heavy atom. The Morgan fingerprint density at radius 2 is 1.50 bits per heavy atom. The quantitative estimate of drug-likeness (QED) is 0.533. The molecule has 0 aromatic heterocycles. The lowest BCUT2D eigenvalue weighted by Gasteiger charge is -2.18. The molecule has 0 radical (unpaired) electrons. The van der Waals surface area contributed by atoms with Crippen LogP contribution in [0, 0.1) is 13.8 Å². The van der Waals surface area contributed by atoms with Gasteiger partial charge in [0.1, 0.15) is 5.70 Å². The Kier molecular flexibility index (Phi) is 5.76. The number of imide groups is 1. The van der Waals surface area contributed by atoms with Crippen LogP contribution >= 0.6 is 11.6 Å². The van der Waals surface area contributed by atoms with Gasteiger partial charge in [0, 0.05) is 30.5 Å². The molecule has 5 nitrogen and oxygen atoms in total. The van der Waals surface area contributed by atoms with E-state index in [-0.39, 0.29) is 11.6 Å². The summed E-state index contributed by atoms with van der Waals surface area (Å²) in [5.41, 5.74) is 5.53. The first kappa shape index (κ1) is 21.7. The Balaban J connectivity index is 1.81. The topological polar surface area (TPSA) is 52.7 Å². The standard InChI is InChI=1S/C26H24ClN3O2/c1-16-5-6-17(2)22(15-16)28-24-23(18-7-9-19(27)10-8-18)25(31)30(26(24)32)21-13-11-20(12-14-21)29(3)4/h5-15,28H,1-4H3. The van der Waals surface area contributed by atoms with Crippen molar-refractivity contribution in [2.24, 2.45) is 0 Å². The first-order valence-corrected chi connectivity index (χ1v) is 10.6. The zero-order valence-electron chi connectivity index (χ0n) is 18.4. The van der Waals surface area contributed by atoms with E-state index in [0.29, 0.717) is 21.8 Å². The molecule has 1 N–H and O–H groups in total. The number of amides is 2. The lowest BCUT2D eigenvalue weighted by Crippen LogP contribution is -2.32. The van der Waals surface area contributed by atoms with Crippen LogP contribution < -0.4 is 15.1 Å². The fourth-order valence-electron chi connectivity index (χ4n) is 3.67. The van der Waals surface area contributed by atoms with Gasteiger partial charge in [0.2, 0.25) is 0 Å². The van der Waals surface area contributed by atoms with Gasteiger partial charge in [-0.05, 0) is 73.0 Å². The number of nitrogens with one attached hydrogen (secondary N) is 1. The molecule has 1 aliphatic heterocycles. The Hall–Kier alpha value is -3.57. The molecule has 32 heavy (non-hydrogen) atoms. The number of nitrogens with zero attached hydrogens (tertiary/aromatic N) is 2. The number of aryl methyl sites for hydroxylation is 2. The second kappa shape index (κ2) is 8.52. The summed E-state index contributed by atoms with van der Waals surface area (Å²) < 4.78 is 0. The van der Waals surface area contributed by atoms with Crippen molar-refractivity contribution in [2.75, 3.05) is 29.2 Å². The van der Waals surface area contributed by atoms with Crippen LogP contribution in [0.4, 0.5) is 17.1 Å². The number of carbonyl (C=O) groups is 2. The second-order valence-electron chi connectivity index (χ2n) is 8.06. The third-order valence-corrected chi connectivity index (χ3v) is 5.75. The number of rotatable bonds is 5. The number of hydrogen-bond donors (Lipinski definition) is 1. The minimum atomic E-state index is -0.390. The van der Waals surface area contributed by atoms with Gasteiger partial charge in [0.15, 0.2) is 0 Å². The highest BCUT2D eigenvalue weighted by atomic mass is 35.5. The van der Waals surface area contributed by atoms with Crippen molar-refractivity contribution in [3.05, 3.63) is 94.1 Å². The molecule has 0 atom stereocenters. The summed E-state index contributed by atoms with van der Waals surface area (Å²) in [7, 11) is 3.88. The molecular formula is C26H24ClN3O2. The van der Waals surface area contributed by atoms with Gasteiger partial charge >= 0.3 is 0 Å². The van der Waals surface area contributed by atoms with Gasteiger partial charge in [0.05, 0.1) is 11.3 Å². The molecule has 1 aliphatic rings. The smallest absolute Gasteiger partial charge is 0.282 e. The SMILES string of the molecule is Cc1ccc(C)c(NC2=C(c3ccc(Cl)cc3)C(=O)N(c3ccc(N(C)C)cc3)C2=O)c1. The van der Waals surface area contributed by atoms with Crippen LogP contribution in [-0.2, 0) is 9.59 Å². The van der Waals surface area contributed by atoms with Gasteiger partial charge in [0.25, 0.3) is 11.8 Å². The third kappa shape index (κ3) is 3.99. The van der Waals surface area contributed by atoms with Gasteiger partial charge in [-0.2, -0.15) is 0 Å². The maximum absolute atomic E-state index is 13.5. The second-order valence-corrected chi connectivity index (χ2v) is 8.49. The van der Waals surface area contributed by atoms with Gasteiger partial charge in [-0.3, -0.25) is 9.59 Å². The van der Waals surface area contributed by atoms with Crippen LogP contribution in [0.15, 0.2) is 72.4 Å². The van der Waals surface area contributed by atoms with Crippen LogP contribution in [-0.4, -0.2) is 25.9 Å². The number of benzene rings is 3. The minimum absolute atomic E-state index is 0.253. The lowest BCUT2D eigenvalue weighted by molar-refractivity contribution is -0.120. The Bertz CT molecular complexity index is 1230. The molecule has 0 fully saturated rings. The van der Waals surface area contributed by atoms with Gasteiger partial charge in [-0.25, -0.2) is 4.90 Å². The van der Waals surface area contributed by atoms with E-state index < -0.39 is 5.91 Å². The van der Waals surface area contributed by atoms with Crippen molar-refractivity contribution >= 4 is 46.1 Å².